The van der Waals surface area contributed by atoms with E-state index in [0.717, 1.165) is 10.6 Å². The van der Waals surface area contributed by atoms with Crippen LogP contribution in [0.25, 0.3) is 0 Å². The lowest BCUT2D eigenvalue weighted by Gasteiger charge is -2.17. The molecule has 3 nitrogen and oxygen atoms in total. The van der Waals surface area contributed by atoms with Gasteiger partial charge < -0.3 is 0 Å². The summed E-state index contributed by atoms with van der Waals surface area (Å²) >= 11 is 1.65. The maximum absolute atomic E-state index is 11.0. The summed E-state index contributed by atoms with van der Waals surface area (Å²) in [5.74, 6) is 0.236. The number of rotatable bonds is 1. The molecule has 0 fully saturated rings. The van der Waals surface area contributed by atoms with Crippen LogP contribution in [0.5, 0.6) is 0 Å². The Morgan fingerprint density at radius 2 is 2.54 bits per heavy atom. The van der Waals surface area contributed by atoms with Gasteiger partial charge in [0.25, 0.3) is 0 Å². The van der Waals surface area contributed by atoms with Gasteiger partial charge in [0.2, 0.25) is 5.91 Å². The highest BCUT2D eigenvalue weighted by atomic mass is 32.1. The predicted octanol–water partition coefficient (Wildman–Crippen LogP) is 1.61. The second kappa shape index (κ2) is 3.30. The molecule has 0 unspecified atom stereocenters. The summed E-state index contributed by atoms with van der Waals surface area (Å²) in [7, 11) is 0. The van der Waals surface area contributed by atoms with Crippen molar-refractivity contribution in [3.05, 3.63) is 22.4 Å². The summed E-state index contributed by atoms with van der Waals surface area (Å²) < 4.78 is 0. The molecule has 2 heterocycles. The van der Waals surface area contributed by atoms with E-state index in [1.807, 2.05) is 24.4 Å². The molecule has 0 bridgehead atoms. The number of carbonyl (C=O) groups is 1. The SMILES string of the molecule is C[C@@H]1CC(=O)NN=C1c1cccs1. The first-order valence-corrected chi connectivity index (χ1v) is 5.05. The van der Waals surface area contributed by atoms with E-state index in [9.17, 15) is 4.79 Å². The number of hydrazone groups is 1. The minimum absolute atomic E-state index is 0.00723. The molecule has 1 amide bonds. The van der Waals surface area contributed by atoms with E-state index in [1.54, 1.807) is 11.3 Å². The van der Waals surface area contributed by atoms with Gasteiger partial charge in [-0.05, 0) is 11.4 Å². The first-order chi connectivity index (χ1) is 6.27. The Kier molecular flexibility index (Phi) is 2.14. The van der Waals surface area contributed by atoms with Crippen molar-refractivity contribution in [1.82, 2.24) is 5.43 Å². The molecule has 1 aliphatic heterocycles. The zero-order valence-corrected chi connectivity index (χ0v) is 8.10. The minimum Gasteiger partial charge on any atom is -0.273 e. The largest absolute Gasteiger partial charge is 0.273 e. The van der Waals surface area contributed by atoms with Gasteiger partial charge in [-0.3, -0.25) is 4.79 Å². The van der Waals surface area contributed by atoms with E-state index in [4.69, 9.17) is 0 Å². The Labute approximate surface area is 80.5 Å². The Balaban J connectivity index is 2.29. The van der Waals surface area contributed by atoms with Crippen molar-refractivity contribution in [3.63, 3.8) is 0 Å². The second-order valence-electron chi connectivity index (χ2n) is 3.11. The first kappa shape index (κ1) is 8.44. The minimum atomic E-state index is 0.00723. The maximum Gasteiger partial charge on any atom is 0.240 e. The molecule has 1 aromatic rings. The molecule has 2 rings (SSSR count). The summed E-state index contributed by atoms with van der Waals surface area (Å²) in [6.45, 7) is 2.03. The van der Waals surface area contributed by atoms with Crippen LogP contribution in [0, 0.1) is 5.92 Å². The van der Waals surface area contributed by atoms with Crippen molar-refractivity contribution in [2.24, 2.45) is 11.0 Å². The Hall–Kier alpha value is -1.16. The molecule has 13 heavy (non-hydrogen) atoms. The predicted molar refractivity (Wildman–Crippen MR) is 52.8 cm³/mol. The summed E-state index contributed by atoms with van der Waals surface area (Å²) in [6.07, 6.45) is 0.538. The van der Waals surface area contributed by atoms with Crippen molar-refractivity contribution in [2.45, 2.75) is 13.3 Å². The highest BCUT2D eigenvalue weighted by Crippen LogP contribution is 2.19. The van der Waals surface area contributed by atoms with Crippen molar-refractivity contribution in [2.75, 3.05) is 0 Å². The summed E-state index contributed by atoms with van der Waals surface area (Å²) in [5, 5.41) is 6.08. The van der Waals surface area contributed by atoms with E-state index in [-0.39, 0.29) is 11.8 Å². The Morgan fingerprint density at radius 1 is 1.69 bits per heavy atom. The Bertz CT molecular complexity index is 343. The van der Waals surface area contributed by atoms with Crippen LogP contribution < -0.4 is 5.43 Å². The number of hydrogen-bond acceptors (Lipinski definition) is 3. The summed E-state index contributed by atoms with van der Waals surface area (Å²) in [5.41, 5.74) is 3.50. The van der Waals surface area contributed by atoms with Crippen LogP contribution in [0.1, 0.15) is 18.2 Å². The molecule has 0 radical (unpaired) electrons. The standard InChI is InChI=1S/C9H10N2OS/c1-6-5-8(12)10-11-9(6)7-3-2-4-13-7/h2-4,6H,5H2,1H3,(H,10,12)/t6-/m1/s1. The van der Waals surface area contributed by atoms with E-state index >= 15 is 0 Å². The van der Waals surface area contributed by atoms with Gasteiger partial charge in [0.15, 0.2) is 0 Å². The van der Waals surface area contributed by atoms with E-state index in [0.29, 0.717) is 6.42 Å². The lowest BCUT2D eigenvalue weighted by atomic mass is 9.99. The fourth-order valence-corrected chi connectivity index (χ4v) is 2.20. The van der Waals surface area contributed by atoms with Gasteiger partial charge in [0, 0.05) is 12.3 Å². The van der Waals surface area contributed by atoms with Crippen LogP contribution in [0.3, 0.4) is 0 Å². The number of thiophene rings is 1. The molecule has 0 saturated heterocycles. The third kappa shape index (κ3) is 1.62. The van der Waals surface area contributed by atoms with E-state index in [2.05, 4.69) is 10.5 Å². The zero-order chi connectivity index (χ0) is 9.26. The van der Waals surface area contributed by atoms with Crippen molar-refractivity contribution >= 4 is 23.0 Å². The lowest BCUT2D eigenvalue weighted by molar-refractivity contribution is -0.121. The molecule has 0 aliphatic carbocycles. The Morgan fingerprint density at radius 3 is 3.15 bits per heavy atom. The molecule has 1 atom stereocenters. The van der Waals surface area contributed by atoms with Crippen molar-refractivity contribution in [1.29, 1.82) is 0 Å². The number of hydrogen-bond donors (Lipinski definition) is 1. The molecule has 0 aromatic carbocycles. The topological polar surface area (TPSA) is 41.5 Å². The summed E-state index contributed by atoms with van der Waals surface area (Å²) in [4.78, 5) is 12.1. The fraction of sp³-hybridized carbons (Fsp3) is 0.333. The van der Waals surface area contributed by atoms with Gasteiger partial charge in [-0.25, -0.2) is 5.43 Å². The van der Waals surface area contributed by atoms with Crippen LogP contribution in [-0.2, 0) is 4.79 Å². The molecular weight excluding hydrogens is 184 g/mol. The number of nitrogens with one attached hydrogen (secondary N) is 1. The average molecular weight is 194 g/mol. The van der Waals surface area contributed by atoms with Crippen molar-refractivity contribution < 1.29 is 4.79 Å². The van der Waals surface area contributed by atoms with Gasteiger partial charge in [-0.2, -0.15) is 5.10 Å². The first-order valence-electron chi connectivity index (χ1n) is 4.17. The lowest BCUT2D eigenvalue weighted by Crippen LogP contribution is -2.31. The van der Waals surface area contributed by atoms with Gasteiger partial charge >= 0.3 is 0 Å². The summed E-state index contributed by atoms with van der Waals surface area (Å²) in [6, 6.07) is 4.02. The molecule has 1 aliphatic rings. The third-order valence-electron chi connectivity index (χ3n) is 2.03. The van der Waals surface area contributed by atoms with E-state index < -0.39 is 0 Å². The van der Waals surface area contributed by atoms with Gasteiger partial charge in [-0.15, -0.1) is 11.3 Å². The normalized spacial score (nSPS) is 22.4. The third-order valence-corrected chi connectivity index (χ3v) is 2.93. The zero-order valence-electron chi connectivity index (χ0n) is 7.28. The molecule has 68 valence electrons. The number of nitrogens with zero attached hydrogens (tertiary/aromatic N) is 1. The molecule has 0 spiro atoms. The highest BCUT2D eigenvalue weighted by molar-refractivity contribution is 7.12. The molecule has 0 saturated carbocycles. The smallest absolute Gasteiger partial charge is 0.240 e. The average Bonchev–Trinajstić information content (AvgIpc) is 2.56. The maximum atomic E-state index is 11.0. The fourth-order valence-electron chi connectivity index (χ4n) is 1.38. The molecule has 1 aromatic heterocycles. The molecule has 1 N–H and O–H groups in total. The molecular formula is C9H10N2OS. The van der Waals surface area contributed by atoms with Crippen LogP contribution in [0.2, 0.25) is 0 Å². The quantitative estimate of drug-likeness (QED) is 0.725. The van der Waals surface area contributed by atoms with Crippen LogP contribution in [0.4, 0.5) is 0 Å². The van der Waals surface area contributed by atoms with Gasteiger partial charge in [0.05, 0.1) is 10.6 Å². The number of amides is 1. The highest BCUT2D eigenvalue weighted by Gasteiger charge is 2.21. The van der Waals surface area contributed by atoms with Crippen LogP contribution >= 0.6 is 11.3 Å². The van der Waals surface area contributed by atoms with Crippen LogP contribution in [-0.4, -0.2) is 11.6 Å². The van der Waals surface area contributed by atoms with Gasteiger partial charge in [0.1, 0.15) is 0 Å². The monoisotopic (exact) mass is 194 g/mol. The van der Waals surface area contributed by atoms with Crippen LogP contribution in [0.15, 0.2) is 22.6 Å². The second-order valence-corrected chi connectivity index (χ2v) is 4.06. The molecule has 4 heteroatoms. The number of carbonyl (C=O) groups excluding carboxylic acids is 1. The van der Waals surface area contributed by atoms with E-state index in [1.165, 1.54) is 0 Å². The van der Waals surface area contributed by atoms with Gasteiger partial charge in [-0.1, -0.05) is 13.0 Å². The van der Waals surface area contributed by atoms with Crippen molar-refractivity contribution in [3.8, 4) is 0 Å².